The highest BCUT2D eigenvalue weighted by Crippen LogP contribution is 2.36. The molecule has 1 saturated heterocycles. The van der Waals surface area contributed by atoms with Gasteiger partial charge in [-0.15, -0.1) is 0 Å². The highest BCUT2D eigenvalue weighted by molar-refractivity contribution is 5.58. The predicted molar refractivity (Wildman–Crippen MR) is 66.4 cm³/mol. The molecular weight excluding hydrogens is 198 g/mol. The van der Waals surface area contributed by atoms with Crippen molar-refractivity contribution in [3.8, 4) is 0 Å². The Hall–Kier alpha value is -0.370. The van der Waals surface area contributed by atoms with Gasteiger partial charge in [0.1, 0.15) is 6.29 Å². The lowest BCUT2D eigenvalue weighted by Gasteiger charge is -2.46. The third kappa shape index (κ3) is 2.65. The maximum atomic E-state index is 11.0. The summed E-state index contributed by atoms with van der Waals surface area (Å²) < 4.78 is 0. The fourth-order valence-electron chi connectivity index (χ4n) is 3.48. The second-order valence-corrected chi connectivity index (χ2v) is 6.33. The molecule has 0 aromatic heterocycles. The first kappa shape index (κ1) is 12.1. The molecule has 1 saturated carbocycles. The van der Waals surface area contributed by atoms with Crippen LogP contribution in [0.25, 0.3) is 0 Å². The zero-order chi connectivity index (χ0) is 11.6. The molecule has 0 spiro atoms. The van der Waals surface area contributed by atoms with E-state index in [-0.39, 0.29) is 5.41 Å². The fraction of sp³-hybridized carbons (Fsp3) is 0.929. The van der Waals surface area contributed by atoms with Gasteiger partial charge in [-0.1, -0.05) is 26.7 Å². The SMILES string of the molecule is CC(C)(C=O)CN1CCCC2CCCCC21. The van der Waals surface area contributed by atoms with Crippen LogP contribution in [0.5, 0.6) is 0 Å². The van der Waals surface area contributed by atoms with Crippen molar-refractivity contribution in [3.63, 3.8) is 0 Å². The van der Waals surface area contributed by atoms with Crippen LogP contribution in [0.4, 0.5) is 0 Å². The van der Waals surface area contributed by atoms with Crippen LogP contribution in [0.1, 0.15) is 52.4 Å². The van der Waals surface area contributed by atoms with E-state index >= 15 is 0 Å². The van der Waals surface area contributed by atoms with Gasteiger partial charge in [0.05, 0.1) is 0 Å². The lowest BCUT2D eigenvalue weighted by Crippen LogP contribution is -2.50. The molecule has 0 aromatic carbocycles. The molecule has 0 radical (unpaired) electrons. The second-order valence-electron chi connectivity index (χ2n) is 6.33. The molecule has 0 N–H and O–H groups in total. The van der Waals surface area contributed by atoms with Crippen molar-refractivity contribution in [2.45, 2.75) is 58.4 Å². The van der Waals surface area contributed by atoms with Crippen molar-refractivity contribution >= 4 is 6.29 Å². The van der Waals surface area contributed by atoms with Gasteiger partial charge in [-0.3, -0.25) is 4.90 Å². The standard InChI is InChI=1S/C14H25NO/c1-14(2,11-16)10-15-9-5-7-12-6-3-4-8-13(12)15/h11-13H,3-10H2,1-2H3. The van der Waals surface area contributed by atoms with Gasteiger partial charge < -0.3 is 4.79 Å². The highest BCUT2D eigenvalue weighted by Gasteiger charge is 2.35. The quantitative estimate of drug-likeness (QED) is 0.686. The Labute approximate surface area is 99.4 Å². The average molecular weight is 223 g/mol. The molecule has 1 heterocycles. The maximum Gasteiger partial charge on any atom is 0.126 e. The van der Waals surface area contributed by atoms with Crippen LogP contribution >= 0.6 is 0 Å². The minimum Gasteiger partial charge on any atom is -0.303 e. The van der Waals surface area contributed by atoms with Crippen LogP contribution in [0.2, 0.25) is 0 Å². The molecule has 2 heteroatoms. The summed E-state index contributed by atoms with van der Waals surface area (Å²) in [6, 6.07) is 0.779. The number of carbonyl (C=O) groups excluding carboxylic acids is 1. The molecule has 92 valence electrons. The number of nitrogens with zero attached hydrogens (tertiary/aromatic N) is 1. The van der Waals surface area contributed by atoms with Gasteiger partial charge in [0, 0.05) is 18.0 Å². The topological polar surface area (TPSA) is 20.3 Å². The number of fused-ring (bicyclic) bond motifs is 1. The Morgan fingerprint density at radius 1 is 1.19 bits per heavy atom. The van der Waals surface area contributed by atoms with E-state index in [4.69, 9.17) is 0 Å². The summed E-state index contributed by atoms with van der Waals surface area (Å²) in [6.07, 6.45) is 9.46. The largest absolute Gasteiger partial charge is 0.303 e. The van der Waals surface area contributed by atoms with E-state index in [1.165, 1.54) is 45.1 Å². The van der Waals surface area contributed by atoms with Gasteiger partial charge in [0.2, 0.25) is 0 Å². The minimum absolute atomic E-state index is 0.167. The second kappa shape index (κ2) is 4.87. The third-order valence-corrected chi connectivity index (χ3v) is 4.29. The van der Waals surface area contributed by atoms with Crippen LogP contribution in [0.15, 0.2) is 0 Å². The molecule has 0 amide bonds. The molecule has 1 aliphatic heterocycles. The first-order valence-corrected chi connectivity index (χ1v) is 6.83. The van der Waals surface area contributed by atoms with E-state index in [0.717, 1.165) is 24.8 Å². The van der Waals surface area contributed by atoms with Crippen LogP contribution < -0.4 is 0 Å². The van der Waals surface area contributed by atoms with Gasteiger partial charge in [0.15, 0.2) is 0 Å². The number of hydrogen-bond acceptors (Lipinski definition) is 2. The summed E-state index contributed by atoms with van der Waals surface area (Å²) in [7, 11) is 0. The first-order valence-electron chi connectivity index (χ1n) is 6.83. The number of likely N-dealkylation sites (tertiary alicyclic amines) is 1. The van der Waals surface area contributed by atoms with Crippen molar-refractivity contribution in [1.29, 1.82) is 0 Å². The Balaban J connectivity index is 1.99. The molecule has 2 atom stereocenters. The number of hydrogen-bond donors (Lipinski definition) is 0. The van der Waals surface area contributed by atoms with E-state index in [2.05, 4.69) is 18.7 Å². The molecule has 1 aliphatic carbocycles. The Bertz CT molecular complexity index is 247. The van der Waals surface area contributed by atoms with Crippen molar-refractivity contribution in [2.24, 2.45) is 11.3 Å². The zero-order valence-electron chi connectivity index (χ0n) is 10.7. The summed E-state index contributed by atoms with van der Waals surface area (Å²) in [5, 5.41) is 0. The molecule has 2 rings (SSSR count). The van der Waals surface area contributed by atoms with E-state index in [0.29, 0.717) is 0 Å². The smallest absolute Gasteiger partial charge is 0.126 e. The molecule has 0 bridgehead atoms. The lowest BCUT2D eigenvalue weighted by atomic mass is 9.77. The summed E-state index contributed by atoms with van der Waals surface area (Å²) in [5.41, 5.74) is -0.167. The normalized spacial score (nSPS) is 32.1. The van der Waals surface area contributed by atoms with Crippen molar-refractivity contribution in [2.75, 3.05) is 13.1 Å². The van der Waals surface area contributed by atoms with Crippen molar-refractivity contribution < 1.29 is 4.79 Å². The number of carbonyl (C=O) groups is 1. The molecule has 0 aromatic rings. The van der Waals surface area contributed by atoms with Crippen LogP contribution in [0, 0.1) is 11.3 Å². The third-order valence-electron chi connectivity index (χ3n) is 4.29. The summed E-state index contributed by atoms with van der Waals surface area (Å²) in [4.78, 5) is 13.6. The molecule has 2 unspecified atom stereocenters. The fourth-order valence-corrected chi connectivity index (χ4v) is 3.48. The van der Waals surface area contributed by atoms with E-state index < -0.39 is 0 Å². The minimum atomic E-state index is -0.167. The lowest BCUT2D eigenvalue weighted by molar-refractivity contribution is -0.116. The highest BCUT2D eigenvalue weighted by atomic mass is 16.1. The van der Waals surface area contributed by atoms with E-state index in [1.807, 2.05) is 0 Å². The van der Waals surface area contributed by atoms with Crippen LogP contribution in [-0.4, -0.2) is 30.3 Å². The van der Waals surface area contributed by atoms with Gasteiger partial charge in [-0.25, -0.2) is 0 Å². The molecular formula is C14H25NO. The average Bonchev–Trinajstić information content (AvgIpc) is 2.29. The predicted octanol–water partition coefficient (Wildman–Crippen LogP) is 2.87. The monoisotopic (exact) mass is 223 g/mol. The summed E-state index contributed by atoms with van der Waals surface area (Å²) in [5.74, 6) is 0.921. The molecule has 2 nitrogen and oxygen atoms in total. The van der Waals surface area contributed by atoms with Crippen molar-refractivity contribution in [3.05, 3.63) is 0 Å². The van der Waals surface area contributed by atoms with E-state index in [9.17, 15) is 4.79 Å². The molecule has 2 aliphatic rings. The van der Waals surface area contributed by atoms with Gasteiger partial charge in [-0.2, -0.15) is 0 Å². The van der Waals surface area contributed by atoms with Crippen LogP contribution in [-0.2, 0) is 4.79 Å². The molecule has 16 heavy (non-hydrogen) atoms. The Morgan fingerprint density at radius 2 is 1.88 bits per heavy atom. The first-order chi connectivity index (χ1) is 7.62. The van der Waals surface area contributed by atoms with Gasteiger partial charge in [0.25, 0.3) is 0 Å². The van der Waals surface area contributed by atoms with Crippen molar-refractivity contribution in [1.82, 2.24) is 4.90 Å². The Kier molecular flexibility index (Phi) is 3.68. The van der Waals surface area contributed by atoms with Crippen LogP contribution in [0.3, 0.4) is 0 Å². The molecule has 2 fully saturated rings. The van der Waals surface area contributed by atoms with E-state index in [1.54, 1.807) is 0 Å². The Morgan fingerprint density at radius 3 is 2.62 bits per heavy atom. The number of piperidine rings is 1. The van der Waals surface area contributed by atoms with Gasteiger partial charge in [-0.05, 0) is 38.1 Å². The van der Waals surface area contributed by atoms with Gasteiger partial charge >= 0.3 is 0 Å². The zero-order valence-corrected chi connectivity index (χ0v) is 10.7. The summed E-state index contributed by atoms with van der Waals surface area (Å²) in [6.45, 7) is 6.29. The number of rotatable bonds is 3. The number of aldehydes is 1. The summed E-state index contributed by atoms with van der Waals surface area (Å²) >= 11 is 0. The maximum absolute atomic E-state index is 11.0.